The number of aryl methyl sites for hydroxylation is 3. The molecule has 3 aromatic rings. The first-order valence-corrected chi connectivity index (χ1v) is 13.1. The van der Waals surface area contributed by atoms with Crippen molar-refractivity contribution in [2.45, 2.75) is 27.3 Å². The van der Waals surface area contributed by atoms with Crippen molar-refractivity contribution >= 4 is 29.4 Å². The monoisotopic (exact) mass is 527 g/mol. The first-order valence-electron chi connectivity index (χ1n) is 13.1. The molecule has 0 atom stereocenters. The smallest absolute Gasteiger partial charge is 0.332 e. The molecule has 0 bridgehead atoms. The lowest BCUT2D eigenvalue weighted by Crippen LogP contribution is -2.49. The quantitative estimate of drug-likeness (QED) is 0.452. The Bertz CT molecular complexity index is 1410. The molecule has 0 N–H and O–H groups in total. The van der Waals surface area contributed by atoms with Crippen LogP contribution < -0.4 is 14.5 Å². The summed E-state index contributed by atoms with van der Waals surface area (Å²) in [7, 11) is 1.59. The number of urea groups is 1. The fraction of sp³-hybridized carbons (Fsp3) is 0.333. The molecule has 0 aliphatic carbocycles. The Morgan fingerprint density at radius 3 is 2.28 bits per heavy atom. The number of ether oxygens (including phenoxy) is 1. The number of amides is 4. The second kappa shape index (κ2) is 10.8. The highest BCUT2D eigenvalue weighted by atomic mass is 16.5. The van der Waals surface area contributed by atoms with Crippen LogP contribution in [0, 0.1) is 20.8 Å². The van der Waals surface area contributed by atoms with Crippen molar-refractivity contribution in [1.29, 1.82) is 0 Å². The van der Waals surface area contributed by atoms with Gasteiger partial charge in [-0.1, -0.05) is 18.2 Å². The highest BCUT2D eigenvalue weighted by Gasteiger charge is 2.37. The Kier molecular flexibility index (Phi) is 7.24. The van der Waals surface area contributed by atoms with Gasteiger partial charge in [0, 0.05) is 43.6 Å². The van der Waals surface area contributed by atoms with Crippen LogP contribution in [0.25, 0.3) is 0 Å². The Hall–Kier alpha value is -4.40. The lowest BCUT2D eigenvalue weighted by molar-refractivity contribution is -0.125. The predicted octanol–water partition coefficient (Wildman–Crippen LogP) is 3.95. The number of rotatable bonds is 6. The maximum absolute atomic E-state index is 13.4. The summed E-state index contributed by atoms with van der Waals surface area (Å²) in [6, 6.07) is 14.4. The number of anilines is 2. The topological polar surface area (TPSA) is 86.3 Å². The number of methoxy groups -OCH3 is 1. The molecule has 2 saturated heterocycles. The van der Waals surface area contributed by atoms with Crippen molar-refractivity contribution in [2.24, 2.45) is 0 Å². The molecule has 5 rings (SSSR count). The van der Waals surface area contributed by atoms with E-state index in [-0.39, 0.29) is 30.9 Å². The number of hydrogen-bond acceptors (Lipinski definition) is 6. The molecule has 2 aromatic carbocycles. The maximum Gasteiger partial charge on any atom is 0.332 e. The summed E-state index contributed by atoms with van der Waals surface area (Å²) in [6.45, 7) is 8.77. The van der Waals surface area contributed by atoms with Gasteiger partial charge in [0.2, 0.25) is 0 Å². The van der Waals surface area contributed by atoms with E-state index >= 15 is 0 Å². The van der Waals surface area contributed by atoms with Crippen LogP contribution in [0.4, 0.5) is 16.3 Å². The third kappa shape index (κ3) is 5.30. The normalized spacial score (nSPS) is 15.8. The van der Waals surface area contributed by atoms with Crippen molar-refractivity contribution in [3.63, 3.8) is 0 Å². The van der Waals surface area contributed by atoms with E-state index in [1.807, 2.05) is 43.1 Å². The van der Waals surface area contributed by atoms with Gasteiger partial charge in [-0.2, -0.15) is 0 Å². The van der Waals surface area contributed by atoms with Gasteiger partial charge >= 0.3 is 6.03 Å². The summed E-state index contributed by atoms with van der Waals surface area (Å²) in [5.74, 6) is 1.39. The first-order chi connectivity index (χ1) is 18.7. The van der Waals surface area contributed by atoms with E-state index < -0.39 is 0 Å². The molecule has 2 aliphatic heterocycles. The molecule has 2 fully saturated rings. The average Bonchev–Trinajstić information content (AvgIpc) is 3.21. The Balaban J connectivity index is 1.24. The van der Waals surface area contributed by atoms with Gasteiger partial charge in [-0.25, -0.2) is 9.78 Å². The van der Waals surface area contributed by atoms with Crippen molar-refractivity contribution in [3.8, 4) is 5.75 Å². The van der Waals surface area contributed by atoms with Gasteiger partial charge < -0.3 is 14.5 Å². The van der Waals surface area contributed by atoms with Crippen LogP contribution in [0.15, 0.2) is 54.7 Å². The van der Waals surface area contributed by atoms with Gasteiger partial charge in [0.25, 0.3) is 11.8 Å². The van der Waals surface area contributed by atoms with E-state index in [4.69, 9.17) is 4.74 Å². The van der Waals surface area contributed by atoms with Gasteiger partial charge in [0.1, 0.15) is 18.1 Å². The molecule has 9 nitrogen and oxygen atoms in total. The predicted molar refractivity (Wildman–Crippen MR) is 149 cm³/mol. The molecule has 0 spiro atoms. The van der Waals surface area contributed by atoms with E-state index in [1.54, 1.807) is 31.4 Å². The molecule has 39 heavy (non-hydrogen) atoms. The molecule has 1 aromatic heterocycles. The van der Waals surface area contributed by atoms with Gasteiger partial charge in [-0.15, -0.1) is 0 Å². The van der Waals surface area contributed by atoms with E-state index in [0.29, 0.717) is 43.2 Å². The maximum atomic E-state index is 13.4. The minimum Gasteiger partial charge on any atom is -0.497 e. The summed E-state index contributed by atoms with van der Waals surface area (Å²) in [4.78, 5) is 50.6. The van der Waals surface area contributed by atoms with Crippen molar-refractivity contribution < 1.29 is 19.1 Å². The molecule has 4 amide bonds. The lowest BCUT2D eigenvalue weighted by atomic mass is 10.1. The number of nitrogens with zero attached hydrogens (tertiary/aromatic N) is 5. The summed E-state index contributed by atoms with van der Waals surface area (Å²) >= 11 is 0. The Morgan fingerprint density at radius 2 is 1.64 bits per heavy atom. The molecular weight excluding hydrogens is 494 g/mol. The Labute approximate surface area is 228 Å². The van der Waals surface area contributed by atoms with Crippen LogP contribution in [0.3, 0.4) is 0 Å². The van der Waals surface area contributed by atoms with E-state index in [9.17, 15) is 14.4 Å². The number of pyridine rings is 1. The largest absolute Gasteiger partial charge is 0.497 e. The van der Waals surface area contributed by atoms with Crippen LogP contribution in [0.1, 0.15) is 32.6 Å². The molecule has 0 unspecified atom stereocenters. The zero-order valence-corrected chi connectivity index (χ0v) is 22.8. The number of carbonyl (C=O) groups is 3. The van der Waals surface area contributed by atoms with E-state index in [2.05, 4.69) is 22.9 Å². The molecule has 3 heterocycles. The van der Waals surface area contributed by atoms with Gasteiger partial charge in [-0.05, 0) is 73.4 Å². The zero-order valence-electron chi connectivity index (χ0n) is 22.8. The summed E-state index contributed by atoms with van der Waals surface area (Å²) in [5.41, 5.74) is 5.08. The number of aromatic nitrogens is 1. The fourth-order valence-corrected chi connectivity index (χ4v) is 5.20. The summed E-state index contributed by atoms with van der Waals surface area (Å²) < 4.78 is 5.18. The zero-order chi connectivity index (χ0) is 27.7. The molecule has 2 aliphatic rings. The minimum atomic E-state index is -0.370. The van der Waals surface area contributed by atoms with Gasteiger partial charge in [0.15, 0.2) is 0 Å². The van der Waals surface area contributed by atoms with Crippen molar-refractivity contribution in [2.75, 3.05) is 49.6 Å². The lowest BCUT2D eigenvalue weighted by Gasteiger charge is -2.36. The van der Waals surface area contributed by atoms with Crippen LogP contribution in [-0.2, 0) is 11.3 Å². The number of benzene rings is 2. The number of imide groups is 1. The highest BCUT2D eigenvalue weighted by Crippen LogP contribution is 2.27. The second-order valence-corrected chi connectivity index (χ2v) is 10.1. The van der Waals surface area contributed by atoms with Gasteiger partial charge in [-0.3, -0.25) is 19.4 Å². The number of hydrogen-bond donors (Lipinski definition) is 0. The standard InChI is InChI=1S/C30H33N5O4/c1-20-15-22(3)28(31-17-20)32-11-13-33(14-12-32)29(37)26-10-7-24(16-21(26)2)34-19-27(36)35(30(34)38)18-23-5-8-25(39-4)9-6-23/h5-10,15-17H,11-14,18-19H2,1-4H3. The number of piperazine rings is 1. The van der Waals surface area contributed by atoms with E-state index in [1.165, 1.54) is 9.80 Å². The number of carbonyl (C=O) groups excluding carboxylic acids is 3. The minimum absolute atomic E-state index is 0.0303. The fourth-order valence-electron chi connectivity index (χ4n) is 5.20. The third-order valence-electron chi connectivity index (χ3n) is 7.36. The SMILES string of the molecule is COc1ccc(CN2C(=O)CN(c3ccc(C(=O)N4CCN(c5ncc(C)cc5C)CC4)c(C)c3)C2=O)cc1. The molecular formula is C30H33N5O4. The van der Waals surface area contributed by atoms with Crippen molar-refractivity contribution in [3.05, 3.63) is 82.5 Å². The van der Waals surface area contributed by atoms with Gasteiger partial charge in [0.05, 0.1) is 13.7 Å². The van der Waals surface area contributed by atoms with Crippen LogP contribution in [0.5, 0.6) is 5.75 Å². The van der Waals surface area contributed by atoms with Crippen molar-refractivity contribution in [1.82, 2.24) is 14.8 Å². The summed E-state index contributed by atoms with van der Waals surface area (Å²) in [5, 5.41) is 0. The molecule has 0 radical (unpaired) electrons. The van der Waals surface area contributed by atoms with Crippen LogP contribution in [-0.4, -0.2) is 72.5 Å². The Morgan fingerprint density at radius 1 is 0.923 bits per heavy atom. The third-order valence-corrected chi connectivity index (χ3v) is 7.36. The first kappa shape index (κ1) is 26.2. The van der Waals surface area contributed by atoms with Crippen LogP contribution in [0.2, 0.25) is 0 Å². The summed E-state index contributed by atoms with van der Waals surface area (Å²) in [6.07, 6.45) is 1.88. The highest BCUT2D eigenvalue weighted by molar-refractivity contribution is 6.12. The van der Waals surface area contributed by atoms with E-state index in [0.717, 1.165) is 28.1 Å². The molecule has 9 heteroatoms. The average molecular weight is 528 g/mol. The van der Waals surface area contributed by atoms with Crippen LogP contribution >= 0.6 is 0 Å². The molecule has 202 valence electrons. The second-order valence-electron chi connectivity index (χ2n) is 10.1. The molecule has 0 saturated carbocycles.